The molecule has 1 fully saturated rings. The lowest BCUT2D eigenvalue weighted by atomic mass is 9.97. The van der Waals surface area contributed by atoms with E-state index in [4.69, 9.17) is 4.74 Å². The van der Waals surface area contributed by atoms with Crippen molar-refractivity contribution < 1.29 is 14.3 Å². The molecule has 0 aliphatic carbocycles. The Morgan fingerprint density at radius 1 is 1.29 bits per heavy atom. The van der Waals surface area contributed by atoms with Crippen molar-refractivity contribution in [2.75, 3.05) is 13.7 Å². The Morgan fingerprint density at radius 3 is 2.90 bits per heavy atom. The van der Waals surface area contributed by atoms with Crippen LogP contribution in [0.4, 0.5) is 0 Å². The van der Waals surface area contributed by atoms with Gasteiger partial charge in [-0.05, 0) is 24.6 Å². The highest BCUT2D eigenvalue weighted by molar-refractivity contribution is 9.10. The molecule has 2 atom stereocenters. The molecule has 2 heterocycles. The lowest BCUT2D eigenvalue weighted by Crippen LogP contribution is -2.52. The van der Waals surface area contributed by atoms with Crippen LogP contribution in [-0.4, -0.2) is 36.4 Å². The molecular formula is C15H17BrN2O3. The maximum Gasteiger partial charge on any atom is 0.246 e. The van der Waals surface area contributed by atoms with E-state index in [1.54, 1.807) is 7.05 Å². The van der Waals surface area contributed by atoms with Crippen LogP contribution in [0.2, 0.25) is 0 Å². The van der Waals surface area contributed by atoms with Gasteiger partial charge in [0.05, 0.1) is 12.6 Å². The number of rotatable bonds is 2. The molecule has 3 rings (SSSR count). The summed E-state index contributed by atoms with van der Waals surface area (Å²) in [4.78, 5) is 25.0. The minimum Gasteiger partial charge on any atom is -0.493 e. The second-order valence-electron chi connectivity index (χ2n) is 5.42. The predicted octanol–water partition coefficient (Wildman–Crippen LogP) is 2.01. The number of nitrogens with one attached hydrogen (secondary N) is 1. The maximum atomic E-state index is 12.2. The number of benzene rings is 1. The normalized spacial score (nSPS) is 25.5. The Kier molecular flexibility index (Phi) is 3.99. The highest BCUT2D eigenvalue weighted by atomic mass is 79.9. The molecule has 0 saturated carbocycles. The molecule has 1 N–H and O–H groups in total. The molecule has 6 heteroatoms. The summed E-state index contributed by atoms with van der Waals surface area (Å²) < 4.78 is 6.64. The molecule has 2 unspecified atom stereocenters. The largest absolute Gasteiger partial charge is 0.493 e. The summed E-state index contributed by atoms with van der Waals surface area (Å²) in [5.74, 6) is 0.608. The van der Waals surface area contributed by atoms with E-state index in [9.17, 15) is 9.59 Å². The summed E-state index contributed by atoms with van der Waals surface area (Å²) in [5.41, 5.74) is 1.06. The van der Waals surface area contributed by atoms with E-state index >= 15 is 0 Å². The highest BCUT2D eigenvalue weighted by Gasteiger charge is 2.34. The van der Waals surface area contributed by atoms with Gasteiger partial charge in [0, 0.05) is 36.0 Å². The number of likely N-dealkylation sites (tertiary alicyclic amines) is 1. The van der Waals surface area contributed by atoms with E-state index in [1.807, 2.05) is 18.2 Å². The van der Waals surface area contributed by atoms with E-state index in [2.05, 4.69) is 21.2 Å². The second-order valence-corrected chi connectivity index (χ2v) is 6.34. The third kappa shape index (κ3) is 2.82. The van der Waals surface area contributed by atoms with Crippen molar-refractivity contribution in [3.8, 4) is 5.75 Å². The van der Waals surface area contributed by atoms with E-state index in [-0.39, 0.29) is 23.9 Å². The van der Waals surface area contributed by atoms with Crippen molar-refractivity contribution in [1.82, 2.24) is 10.2 Å². The molecular weight excluding hydrogens is 336 g/mol. The SMILES string of the molecule is CN1C(=O)CCC(NC2CCOc3ccc(Br)cc32)C1=O. The quantitative estimate of drug-likeness (QED) is 0.827. The van der Waals surface area contributed by atoms with Crippen LogP contribution in [0.3, 0.4) is 0 Å². The standard InChI is InChI=1S/C15H17BrN2O3/c1-18-14(19)5-3-12(15(18)20)17-11-6-7-21-13-4-2-9(16)8-10(11)13/h2,4,8,11-12,17H,3,5-7H2,1H3. The molecule has 2 aliphatic heterocycles. The van der Waals surface area contributed by atoms with Crippen molar-refractivity contribution in [1.29, 1.82) is 0 Å². The summed E-state index contributed by atoms with van der Waals surface area (Å²) in [6.07, 6.45) is 1.78. The number of imide groups is 1. The van der Waals surface area contributed by atoms with Gasteiger partial charge in [0.15, 0.2) is 0 Å². The van der Waals surface area contributed by atoms with Crippen molar-refractivity contribution >= 4 is 27.7 Å². The van der Waals surface area contributed by atoms with E-state index in [0.717, 1.165) is 22.2 Å². The number of ether oxygens (including phenoxy) is 1. The van der Waals surface area contributed by atoms with Crippen LogP contribution in [0.1, 0.15) is 30.9 Å². The van der Waals surface area contributed by atoms with Crippen LogP contribution in [0.5, 0.6) is 5.75 Å². The fourth-order valence-electron chi connectivity index (χ4n) is 2.85. The predicted molar refractivity (Wildman–Crippen MR) is 80.9 cm³/mol. The number of fused-ring (bicyclic) bond motifs is 1. The lowest BCUT2D eigenvalue weighted by molar-refractivity contribution is -0.148. The fourth-order valence-corrected chi connectivity index (χ4v) is 3.23. The molecule has 0 bridgehead atoms. The van der Waals surface area contributed by atoms with Crippen LogP contribution in [0.15, 0.2) is 22.7 Å². The number of likely N-dealkylation sites (N-methyl/N-ethyl adjacent to an activating group) is 1. The van der Waals surface area contributed by atoms with Crippen LogP contribution in [0, 0.1) is 0 Å². The van der Waals surface area contributed by atoms with Crippen LogP contribution in [-0.2, 0) is 9.59 Å². The molecule has 2 aliphatic rings. The Hall–Kier alpha value is -1.40. The average Bonchev–Trinajstić information content (AvgIpc) is 2.48. The van der Waals surface area contributed by atoms with Gasteiger partial charge in [0.1, 0.15) is 5.75 Å². The highest BCUT2D eigenvalue weighted by Crippen LogP contribution is 2.34. The summed E-state index contributed by atoms with van der Waals surface area (Å²) in [6.45, 7) is 0.627. The molecule has 2 amide bonds. The molecule has 1 saturated heterocycles. The molecule has 0 radical (unpaired) electrons. The topological polar surface area (TPSA) is 58.6 Å². The lowest BCUT2D eigenvalue weighted by Gasteiger charge is -2.34. The van der Waals surface area contributed by atoms with Gasteiger partial charge in [0.25, 0.3) is 0 Å². The molecule has 21 heavy (non-hydrogen) atoms. The Balaban J connectivity index is 1.79. The first kappa shape index (κ1) is 14.5. The number of piperidine rings is 1. The third-order valence-electron chi connectivity index (χ3n) is 4.06. The summed E-state index contributed by atoms with van der Waals surface area (Å²) in [5, 5.41) is 3.40. The summed E-state index contributed by atoms with van der Waals surface area (Å²) in [7, 11) is 1.55. The van der Waals surface area contributed by atoms with Gasteiger partial charge in [-0.2, -0.15) is 0 Å². The zero-order valence-electron chi connectivity index (χ0n) is 11.8. The van der Waals surface area contributed by atoms with E-state index < -0.39 is 0 Å². The van der Waals surface area contributed by atoms with Crippen LogP contribution >= 0.6 is 15.9 Å². The first-order valence-corrected chi connectivity index (χ1v) is 7.84. The van der Waals surface area contributed by atoms with Crippen molar-refractivity contribution in [2.45, 2.75) is 31.3 Å². The minimum absolute atomic E-state index is 0.0711. The molecule has 0 spiro atoms. The summed E-state index contributed by atoms with van der Waals surface area (Å²) in [6, 6.07) is 5.67. The molecule has 112 valence electrons. The maximum absolute atomic E-state index is 12.2. The van der Waals surface area contributed by atoms with Crippen molar-refractivity contribution in [3.05, 3.63) is 28.2 Å². The fraction of sp³-hybridized carbons (Fsp3) is 0.467. The first-order chi connectivity index (χ1) is 10.1. The smallest absolute Gasteiger partial charge is 0.246 e. The second kappa shape index (κ2) is 5.77. The molecule has 1 aromatic rings. The van der Waals surface area contributed by atoms with E-state index in [0.29, 0.717) is 19.4 Å². The monoisotopic (exact) mass is 352 g/mol. The zero-order chi connectivity index (χ0) is 15.0. The van der Waals surface area contributed by atoms with Crippen molar-refractivity contribution in [2.24, 2.45) is 0 Å². The van der Waals surface area contributed by atoms with Gasteiger partial charge in [0.2, 0.25) is 11.8 Å². The number of nitrogens with zero attached hydrogens (tertiary/aromatic N) is 1. The Labute approximate surface area is 131 Å². The van der Waals surface area contributed by atoms with Gasteiger partial charge < -0.3 is 4.74 Å². The Morgan fingerprint density at radius 2 is 2.10 bits per heavy atom. The van der Waals surface area contributed by atoms with Gasteiger partial charge in [-0.1, -0.05) is 15.9 Å². The summed E-state index contributed by atoms with van der Waals surface area (Å²) >= 11 is 3.47. The number of hydrogen-bond donors (Lipinski definition) is 1. The van der Waals surface area contributed by atoms with Crippen LogP contribution < -0.4 is 10.1 Å². The van der Waals surface area contributed by atoms with Crippen molar-refractivity contribution in [3.63, 3.8) is 0 Å². The number of halogens is 1. The number of carbonyl (C=O) groups is 2. The Bertz CT molecular complexity index is 590. The number of amides is 2. The molecule has 1 aromatic carbocycles. The number of carbonyl (C=O) groups excluding carboxylic acids is 2. The number of hydrogen-bond acceptors (Lipinski definition) is 4. The van der Waals surface area contributed by atoms with Crippen LogP contribution in [0.25, 0.3) is 0 Å². The average molecular weight is 353 g/mol. The third-order valence-corrected chi connectivity index (χ3v) is 4.56. The first-order valence-electron chi connectivity index (χ1n) is 7.05. The molecule has 5 nitrogen and oxygen atoms in total. The van der Waals surface area contributed by atoms with Gasteiger partial charge in [-0.25, -0.2) is 0 Å². The zero-order valence-corrected chi connectivity index (χ0v) is 13.4. The minimum atomic E-state index is -0.303. The van der Waals surface area contributed by atoms with Gasteiger partial charge >= 0.3 is 0 Å². The van der Waals surface area contributed by atoms with Gasteiger partial charge in [-0.15, -0.1) is 0 Å². The molecule has 0 aromatic heterocycles. The van der Waals surface area contributed by atoms with Gasteiger partial charge in [-0.3, -0.25) is 19.8 Å². The van der Waals surface area contributed by atoms with E-state index in [1.165, 1.54) is 4.90 Å².